The van der Waals surface area contributed by atoms with Crippen molar-refractivity contribution in [3.8, 4) is 11.4 Å². The maximum atomic E-state index is 13.6. The Kier molecular flexibility index (Phi) is 5.15. The van der Waals surface area contributed by atoms with E-state index in [4.69, 9.17) is 11.6 Å². The minimum absolute atomic E-state index is 0.0990. The van der Waals surface area contributed by atoms with Gasteiger partial charge >= 0.3 is 0 Å². The molecular formula is C14H14ClFIN3. The molecule has 1 N–H and O–H groups in total. The number of halogens is 3. The zero-order valence-electron chi connectivity index (χ0n) is 11.2. The molecule has 0 aliphatic carbocycles. The molecule has 6 heteroatoms. The van der Waals surface area contributed by atoms with Crippen LogP contribution < -0.4 is 5.32 Å². The molecule has 2 aromatic rings. The molecule has 0 radical (unpaired) electrons. The summed E-state index contributed by atoms with van der Waals surface area (Å²) in [5.74, 6) is 0.803. The van der Waals surface area contributed by atoms with E-state index < -0.39 is 5.82 Å². The Morgan fingerprint density at radius 1 is 1.35 bits per heavy atom. The SMILES string of the molecule is CCCc1nc(-c2ccc(Cl)c(F)c2)nc(NC)c1I. The number of anilines is 1. The van der Waals surface area contributed by atoms with Crippen LogP contribution in [0.5, 0.6) is 0 Å². The lowest BCUT2D eigenvalue weighted by Gasteiger charge is -2.11. The molecule has 106 valence electrons. The van der Waals surface area contributed by atoms with Gasteiger partial charge in [0.1, 0.15) is 11.6 Å². The summed E-state index contributed by atoms with van der Waals surface area (Å²) in [6, 6.07) is 4.61. The molecule has 0 aliphatic heterocycles. The van der Waals surface area contributed by atoms with Gasteiger partial charge in [-0.05, 0) is 47.2 Å². The largest absolute Gasteiger partial charge is 0.372 e. The second-order valence-electron chi connectivity index (χ2n) is 4.29. The summed E-state index contributed by atoms with van der Waals surface area (Å²) in [6.07, 6.45) is 1.85. The predicted octanol–water partition coefficient (Wildman–Crippen LogP) is 4.53. The lowest BCUT2D eigenvalue weighted by atomic mass is 10.2. The van der Waals surface area contributed by atoms with Crippen LogP contribution in [-0.4, -0.2) is 17.0 Å². The number of aromatic nitrogens is 2. The average Bonchev–Trinajstić information content (AvgIpc) is 2.44. The van der Waals surface area contributed by atoms with Gasteiger partial charge in [-0.25, -0.2) is 14.4 Å². The molecule has 0 unspecified atom stereocenters. The molecule has 0 atom stereocenters. The Morgan fingerprint density at radius 3 is 2.70 bits per heavy atom. The van der Waals surface area contributed by atoms with Gasteiger partial charge in [-0.2, -0.15) is 0 Å². The van der Waals surface area contributed by atoms with E-state index in [0.717, 1.165) is 27.9 Å². The molecule has 3 nitrogen and oxygen atoms in total. The van der Waals surface area contributed by atoms with Crippen molar-refractivity contribution in [1.29, 1.82) is 0 Å². The number of nitrogens with one attached hydrogen (secondary N) is 1. The molecule has 20 heavy (non-hydrogen) atoms. The topological polar surface area (TPSA) is 37.8 Å². The summed E-state index contributed by atoms with van der Waals surface area (Å²) in [6.45, 7) is 2.10. The van der Waals surface area contributed by atoms with Crippen LogP contribution in [0.2, 0.25) is 5.02 Å². The first-order valence-electron chi connectivity index (χ1n) is 6.26. The van der Waals surface area contributed by atoms with Gasteiger partial charge < -0.3 is 5.32 Å². The summed E-state index contributed by atoms with van der Waals surface area (Å²) in [5, 5.41) is 3.15. The first-order valence-corrected chi connectivity index (χ1v) is 7.72. The lowest BCUT2D eigenvalue weighted by Crippen LogP contribution is -2.05. The van der Waals surface area contributed by atoms with Crippen LogP contribution in [0.15, 0.2) is 18.2 Å². The Morgan fingerprint density at radius 2 is 2.10 bits per heavy atom. The third-order valence-electron chi connectivity index (χ3n) is 2.82. The van der Waals surface area contributed by atoms with Crippen molar-refractivity contribution >= 4 is 40.0 Å². The van der Waals surface area contributed by atoms with Gasteiger partial charge in [0.15, 0.2) is 5.82 Å². The van der Waals surface area contributed by atoms with Crippen LogP contribution in [0, 0.1) is 9.39 Å². The predicted molar refractivity (Wildman–Crippen MR) is 88.7 cm³/mol. The number of nitrogens with zero attached hydrogens (tertiary/aromatic N) is 2. The van der Waals surface area contributed by atoms with Gasteiger partial charge in [-0.1, -0.05) is 24.9 Å². The van der Waals surface area contributed by atoms with Gasteiger partial charge in [0, 0.05) is 12.6 Å². The fraction of sp³-hybridized carbons (Fsp3) is 0.286. The molecule has 1 heterocycles. The van der Waals surface area contributed by atoms with Crippen LogP contribution in [0.1, 0.15) is 19.0 Å². The minimum atomic E-state index is -0.464. The molecule has 0 spiro atoms. The highest BCUT2D eigenvalue weighted by molar-refractivity contribution is 14.1. The maximum Gasteiger partial charge on any atom is 0.161 e. The van der Waals surface area contributed by atoms with E-state index in [9.17, 15) is 4.39 Å². The van der Waals surface area contributed by atoms with Crippen LogP contribution in [-0.2, 0) is 6.42 Å². The second kappa shape index (κ2) is 6.67. The fourth-order valence-electron chi connectivity index (χ4n) is 1.83. The summed E-state index contributed by atoms with van der Waals surface area (Å²) in [4.78, 5) is 8.98. The fourth-order valence-corrected chi connectivity index (χ4v) is 2.72. The molecule has 0 saturated carbocycles. The summed E-state index contributed by atoms with van der Waals surface area (Å²) < 4.78 is 14.6. The van der Waals surface area contributed by atoms with Crippen LogP contribution in [0.25, 0.3) is 11.4 Å². The number of hydrogen-bond acceptors (Lipinski definition) is 3. The second-order valence-corrected chi connectivity index (χ2v) is 5.77. The molecule has 2 rings (SSSR count). The van der Waals surface area contributed by atoms with Crippen molar-refractivity contribution in [1.82, 2.24) is 9.97 Å². The molecule has 1 aromatic heterocycles. The number of hydrogen-bond donors (Lipinski definition) is 1. The van der Waals surface area contributed by atoms with E-state index in [-0.39, 0.29) is 5.02 Å². The molecule has 0 aliphatic rings. The number of aryl methyl sites for hydroxylation is 1. The van der Waals surface area contributed by atoms with E-state index in [1.165, 1.54) is 12.1 Å². The van der Waals surface area contributed by atoms with Gasteiger partial charge in [0.05, 0.1) is 14.3 Å². The van der Waals surface area contributed by atoms with Crippen molar-refractivity contribution in [3.05, 3.63) is 38.3 Å². The molecule has 0 fully saturated rings. The van der Waals surface area contributed by atoms with Crippen molar-refractivity contribution < 1.29 is 4.39 Å². The van der Waals surface area contributed by atoms with Crippen molar-refractivity contribution in [3.63, 3.8) is 0 Å². The lowest BCUT2D eigenvalue weighted by molar-refractivity contribution is 0.628. The van der Waals surface area contributed by atoms with Crippen LogP contribution in [0.3, 0.4) is 0 Å². The highest BCUT2D eigenvalue weighted by Gasteiger charge is 2.13. The molecule has 0 amide bonds. The number of benzene rings is 1. The molecule has 1 aromatic carbocycles. The molecular weight excluding hydrogens is 392 g/mol. The standard InChI is InChI=1S/C14H14ClFIN3/c1-3-4-11-12(17)14(18-2)20-13(19-11)8-5-6-9(15)10(16)7-8/h5-7H,3-4H2,1-2H3,(H,18,19,20). The van der Waals surface area contributed by atoms with E-state index in [1.807, 2.05) is 7.05 Å². The van der Waals surface area contributed by atoms with E-state index in [2.05, 4.69) is 44.8 Å². The van der Waals surface area contributed by atoms with Gasteiger partial charge in [0.25, 0.3) is 0 Å². The minimum Gasteiger partial charge on any atom is -0.372 e. The van der Waals surface area contributed by atoms with Gasteiger partial charge in [0.2, 0.25) is 0 Å². The van der Waals surface area contributed by atoms with Crippen LogP contribution in [0.4, 0.5) is 10.2 Å². The average molecular weight is 406 g/mol. The van der Waals surface area contributed by atoms with Crippen molar-refractivity contribution in [2.45, 2.75) is 19.8 Å². The highest BCUT2D eigenvalue weighted by Crippen LogP contribution is 2.26. The zero-order valence-corrected chi connectivity index (χ0v) is 14.1. The Hall–Kier alpha value is -0.950. The summed E-state index contributed by atoms with van der Waals surface area (Å²) in [5.41, 5.74) is 1.59. The smallest absolute Gasteiger partial charge is 0.161 e. The Bertz CT molecular complexity index is 634. The van der Waals surface area contributed by atoms with E-state index in [1.54, 1.807) is 6.07 Å². The quantitative estimate of drug-likeness (QED) is 0.759. The van der Waals surface area contributed by atoms with Gasteiger partial charge in [-0.3, -0.25) is 0 Å². The Labute approximate surface area is 136 Å². The molecule has 0 bridgehead atoms. The Balaban J connectivity index is 2.55. The number of rotatable bonds is 4. The normalized spacial score (nSPS) is 10.7. The zero-order chi connectivity index (χ0) is 14.7. The van der Waals surface area contributed by atoms with E-state index >= 15 is 0 Å². The van der Waals surface area contributed by atoms with Crippen LogP contribution >= 0.6 is 34.2 Å². The first-order chi connectivity index (χ1) is 9.56. The summed E-state index contributed by atoms with van der Waals surface area (Å²) in [7, 11) is 1.81. The van der Waals surface area contributed by atoms with Gasteiger partial charge in [-0.15, -0.1) is 0 Å². The highest BCUT2D eigenvalue weighted by atomic mass is 127. The first kappa shape index (κ1) is 15.4. The van der Waals surface area contributed by atoms with Crippen molar-refractivity contribution in [2.75, 3.05) is 12.4 Å². The third kappa shape index (κ3) is 3.20. The maximum absolute atomic E-state index is 13.6. The van der Waals surface area contributed by atoms with Crippen molar-refractivity contribution in [2.24, 2.45) is 0 Å². The molecule has 0 saturated heterocycles. The van der Waals surface area contributed by atoms with E-state index in [0.29, 0.717) is 11.4 Å². The summed E-state index contributed by atoms with van der Waals surface area (Å²) >= 11 is 7.93. The monoisotopic (exact) mass is 405 g/mol. The third-order valence-corrected chi connectivity index (χ3v) is 4.26.